The molecule has 0 bridgehead atoms. The Morgan fingerprint density at radius 2 is 0.854 bits per heavy atom. The average molecular weight is 1250 g/mol. The Bertz CT molecular complexity index is 2930. The van der Waals surface area contributed by atoms with Crippen molar-refractivity contribution >= 4 is 65.4 Å². The first-order valence-corrected chi connectivity index (χ1v) is 35.7. The van der Waals surface area contributed by atoms with Gasteiger partial charge in [0.15, 0.2) is 0 Å². The quantitative estimate of drug-likeness (QED) is 0.0429. The maximum Gasteiger partial charge on any atom is 0.408 e. The van der Waals surface area contributed by atoms with Crippen LogP contribution < -0.4 is 16.0 Å². The Morgan fingerprint density at radius 1 is 0.517 bits per heavy atom. The van der Waals surface area contributed by atoms with Gasteiger partial charge in [0.1, 0.15) is 33.4 Å². The molecule has 3 saturated carbocycles. The number of nitrogens with zero attached hydrogens (tertiary/aromatic N) is 2. The molecule has 5 fully saturated rings. The van der Waals surface area contributed by atoms with Crippen molar-refractivity contribution in [3.8, 4) is 0 Å². The molecular weight excluding hydrogens is 1140 g/mol. The second-order valence-corrected chi connectivity index (χ2v) is 35.0. The van der Waals surface area contributed by atoms with Crippen LogP contribution in [0.4, 0.5) is 4.79 Å². The van der Waals surface area contributed by atoms with E-state index in [0.717, 1.165) is 36.4 Å². The monoisotopic (exact) mass is 1250 g/mol. The molecule has 89 heavy (non-hydrogen) atoms. The predicted molar refractivity (Wildman–Crippen MR) is 354 cm³/mol. The van der Waals surface area contributed by atoms with Gasteiger partial charge in [0.2, 0.25) is 11.8 Å². The van der Waals surface area contributed by atoms with E-state index in [0.29, 0.717) is 65.0 Å². The zero-order valence-corrected chi connectivity index (χ0v) is 56.8. The lowest BCUT2D eigenvalue weighted by Crippen LogP contribution is -2.52. The van der Waals surface area contributed by atoms with Gasteiger partial charge in [-0.3, -0.25) is 19.4 Å². The van der Waals surface area contributed by atoms with Gasteiger partial charge in [-0.2, -0.15) is 0 Å². The van der Waals surface area contributed by atoms with Crippen LogP contribution in [0.5, 0.6) is 0 Å². The van der Waals surface area contributed by atoms with Crippen LogP contribution in [0.15, 0.2) is 84.9 Å². The molecule has 10 atom stereocenters. The normalized spacial score (nSPS) is 26.5. The summed E-state index contributed by atoms with van der Waals surface area (Å²) in [5, 5.41) is 13.7. The molecule has 9 rings (SSSR count). The third-order valence-electron chi connectivity index (χ3n) is 17.5. The Morgan fingerprint density at radius 3 is 1.18 bits per heavy atom. The Kier molecular flexibility index (Phi) is 23.6. The molecule has 2 aliphatic heterocycles. The van der Waals surface area contributed by atoms with Crippen molar-refractivity contribution < 1.29 is 57.2 Å². The molecule has 2 heterocycles. The molecule has 3 aliphatic carbocycles. The lowest BCUT2D eigenvalue weighted by Gasteiger charge is -2.27. The van der Waals surface area contributed by atoms with Crippen LogP contribution in [-0.4, -0.2) is 145 Å². The van der Waals surface area contributed by atoms with E-state index in [1.807, 2.05) is 143 Å². The predicted octanol–water partition coefficient (Wildman–Crippen LogP) is 12.3. The van der Waals surface area contributed by atoms with Crippen molar-refractivity contribution in [3.05, 3.63) is 96.1 Å². The summed E-state index contributed by atoms with van der Waals surface area (Å²) in [6, 6.07) is 29.3. The standard InChI is InChI=1S/2C27H36N2O4.C16H31NO4Si.CH4/c2*1-6-20-15-27(20,25(31)33-26(2,3)4)28-24(30)23-14-21(16-29(23)5)32-17-19-12-9-11-18-10-7-8-13-22(18)19;1-8-12-11-16(12,13(18)21-15(2,3)4)17-14(19)20-9-10-22(5,6)7;/h2*7-13,20-21,23H,6,14-17H2,1-5H3,(H,28,30);12H,8-11H2,1-7H3,(H,17,19);1H4/t20?,21-,23+,27+;20-,21+,23-,27+;;/m10../s1. The van der Waals surface area contributed by atoms with Crippen LogP contribution in [0.2, 0.25) is 25.7 Å². The van der Waals surface area contributed by atoms with Gasteiger partial charge in [-0.05, 0) is 165 Å². The van der Waals surface area contributed by atoms with E-state index >= 15 is 0 Å². The fourth-order valence-corrected chi connectivity index (χ4v) is 12.9. The minimum absolute atomic E-state index is 0. The summed E-state index contributed by atoms with van der Waals surface area (Å²) >= 11 is 0. The second kappa shape index (κ2) is 29.1. The molecule has 0 radical (unpaired) electrons. The fraction of sp³-hybridized carbons (Fsp3) is 0.634. The number of rotatable bonds is 20. The van der Waals surface area contributed by atoms with E-state index in [1.165, 1.54) is 21.5 Å². The van der Waals surface area contributed by atoms with Crippen molar-refractivity contribution in [3.63, 3.8) is 0 Å². The molecule has 3 N–H and O–H groups in total. The van der Waals surface area contributed by atoms with Gasteiger partial charge in [-0.25, -0.2) is 19.2 Å². The number of ether oxygens (including phenoxy) is 6. The van der Waals surface area contributed by atoms with Crippen molar-refractivity contribution in [2.45, 2.75) is 238 Å². The first-order chi connectivity index (χ1) is 41.1. The summed E-state index contributed by atoms with van der Waals surface area (Å²) in [6.07, 6.45) is 5.02. The number of alkyl carbamates (subject to hydrolysis) is 1. The van der Waals surface area contributed by atoms with E-state index in [9.17, 15) is 28.8 Å². The van der Waals surface area contributed by atoms with Gasteiger partial charge >= 0.3 is 24.0 Å². The van der Waals surface area contributed by atoms with Gasteiger partial charge in [0.05, 0.1) is 44.1 Å². The average Bonchev–Trinajstić information content (AvgIpc) is 1.63. The summed E-state index contributed by atoms with van der Waals surface area (Å²) < 4.78 is 34.4. The van der Waals surface area contributed by atoms with Crippen LogP contribution in [0.1, 0.15) is 153 Å². The molecule has 3 amide bonds. The van der Waals surface area contributed by atoms with Gasteiger partial charge in [0.25, 0.3) is 0 Å². The molecule has 2 saturated heterocycles. The van der Waals surface area contributed by atoms with Crippen LogP contribution >= 0.6 is 0 Å². The maximum atomic E-state index is 13.2. The van der Waals surface area contributed by atoms with E-state index < -0.39 is 47.6 Å². The number of fused-ring (bicyclic) bond motifs is 2. The third-order valence-corrected chi connectivity index (χ3v) is 19.2. The highest BCUT2D eigenvalue weighted by Gasteiger charge is 2.64. The summed E-state index contributed by atoms with van der Waals surface area (Å²) in [7, 11) is 2.64. The Balaban J connectivity index is 0.000000217. The molecule has 0 spiro atoms. The van der Waals surface area contributed by atoms with Gasteiger partial charge in [-0.1, -0.05) is 152 Å². The molecule has 5 aliphatic rings. The zero-order chi connectivity index (χ0) is 64.8. The van der Waals surface area contributed by atoms with Crippen LogP contribution in [0.3, 0.4) is 0 Å². The number of carbonyl (C=O) groups is 6. The highest BCUT2D eigenvalue weighted by molar-refractivity contribution is 6.76. The van der Waals surface area contributed by atoms with Gasteiger partial charge < -0.3 is 44.4 Å². The maximum absolute atomic E-state index is 13.2. The number of esters is 3. The summed E-state index contributed by atoms with van der Waals surface area (Å²) in [5.41, 5.74) is -2.09. The van der Waals surface area contributed by atoms with Crippen LogP contribution in [-0.2, 0) is 65.6 Å². The summed E-state index contributed by atoms with van der Waals surface area (Å²) in [5.74, 6) is -0.839. The first kappa shape index (κ1) is 72.1. The van der Waals surface area contributed by atoms with Gasteiger partial charge in [-0.15, -0.1) is 0 Å². The minimum Gasteiger partial charge on any atom is -0.458 e. The topological polar surface area (TPSA) is 200 Å². The van der Waals surface area contributed by atoms with E-state index in [2.05, 4.69) is 84.1 Å². The molecule has 4 aromatic rings. The van der Waals surface area contributed by atoms with Crippen molar-refractivity contribution in [1.29, 1.82) is 0 Å². The lowest BCUT2D eigenvalue weighted by molar-refractivity contribution is -0.161. The molecule has 4 aromatic carbocycles. The molecular formula is C71H107N5O12Si. The highest BCUT2D eigenvalue weighted by atomic mass is 28.3. The van der Waals surface area contributed by atoms with E-state index in [-0.39, 0.29) is 79.2 Å². The Labute approximate surface area is 532 Å². The highest BCUT2D eigenvalue weighted by Crippen LogP contribution is 2.50. The summed E-state index contributed by atoms with van der Waals surface area (Å²) in [6.45, 7) is 32.2. The number of likely N-dealkylation sites (N-methyl/N-ethyl adjacent to an activating group) is 2. The SMILES string of the molecule is C.CCC1CC1(NC(=O)OCC[Si](C)(C)C)C(=O)OC(C)(C)C.CCC1C[C@@]1(NC(=O)[C@@H]1C[C@@H](OCc2cccc3ccccc23)CN1C)C(=O)OC(C)(C)C.CC[C@H]1C[C@]1(NC(=O)[C@@H]1C[C@@H](OCc2cccc3ccccc23)CN1C)C(=O)OC(C)(C)C. The first-order valence-electron chi connectivity index (χ1n) is 32.0. The zero-order valence-electron chi connectivity index (χ0n) is 55.8. The van der Waals surface area contributed by atoms with E-state index in [1.54, 1.807) is 0 Å². The molecule has 492 valence electrons. The smallest absolute Gasteiger partial charge is 0.408 e. The fourth-order valence-electron chi connectivity index (χ4n) is 12.2. The van der Waals surface area contributed by atoms with Crippen LogP contribution in [0.25, 0.3) is 21.5 Å². The second-order valence-electron chi connectivity index (χ2n) is 29.4. The number of hydrogen-bond acceptors (Lipinski definition) is 14. The third kappa shape index (κ3) is 19.1. The Hall–Kier alpha value is -5.92. The number of likely N-dealkylation sites (tertiary alicyclic amines) is 2. The number of carbonyl (C=O) groups excluding carboxylic acids is 6. The molecule has 0 aromatic heterocycles. The number of benzene rings is 4. The number of hydrogen-bond donors (Lipinski definition) is 3. The number of nitrogens with one attached hydrogen (secondary N) is 3. The van der Waals surface area contributed by atoms with Crippen LogP contribution in [0, 0.1) is 17.8 Å². The minimum atomic E-state index is -1.24. The van der Waals surface area contributed by atoms with Crippen molar-refractivity contribution in [2.75, 3.05) is 33.8 Å². The molecule has 18 heteroatoms. The molecule has 17 nitrogen and oxygen atoms in total. The van der Waals surface area contributed by atoms with Gasteiger partial charge in [0, 0.05) is 21.2 Å². The van der Waals surface area contributed by atoms with E-state index in [4.69, 9.17) is 28.4 Å². The number of amides is 3. The van der Waals surface area contributed by atoms with Crippen molar-refractivity contribution in [2.24, 2.45) is 17.8 Å². The lowest BCUT2D eigenvalue weighted by atomic mass is 10.1. The summed E-state index contributed by atoms with van der Waals surface area (Å²) in [4.78, 5) is 80.7. The molecule has 3 unspecified atom stereocenters. The van der Waals surface area contributed by atoms with Crippen molar-refractivity contribution in [1.82, 2.24) is 25.8 Å². The largest absolute Gasteiger partial charge is 0.458 e.